The number of halogens is 1. The zero-order valence-electron chi connectivity index (χ0n) is 18.1. The number of ether oxygens (including phenoxy) is 1. The van der Waals surface area contributed by atoms with Gasteiger partial charge in [-0.2, -0.15) is 0 Å². The molecule has 1 fully saturated rings. The summed E-state index contributed by atoms with van der Waals surface area (Å²) in [5.74, 6) is 0.456. The number of nitrogens with zero attached hydrogens (tertiary/aromatic N) is 3. The zero-order valence-corrected chi connectivity index (χ0v) is 18.9. The predicted molar refractivity (Wildman–Crippen MR) is 126 cm³/mol. The number of carbonyl (C=O) groups excluding carboxylic acids is 1. The van der Waals surface area contributed by atoms with Gasteiger partial charge >= 0.3 is 0 Å². The lowest BCUT2D eigenvalue weighted by atomic mass is 9.80. The Morgan fingerprint density at radius 2 is 1.97 bits per heavy atom. The molecule has 2 heterocycles. The van der Waals surface area contributed by atoms with Gasteiger partial charge in [0.05, 0.1) is 11.6 Å². The van der Waals surface area contributed by atoms with Crippen LogP contribution in [0.5, 0.6) is 0 Å². The second kappa shape index (κ2) is 9.03. The molecule has 2 aromatic carbocycles. The van der Waals surface area contributed by atoms with Crippen LogP contribution in [0.2, 0.25) is 0 Å². The lowest BCUT2D eigenvalue weighted by Crippen LogP contribution is -2.40. The number of rotatable bonds is 4. The molecule has 168 valence electrons. The molecule has 2 aliphatic rings. The molecule has 1 N–H and O–H groups in total. The number of thioether (sulfide) groups is 1. The van der Waals surface area contributed by atoms with Crippen LogP contribution in [-0.4, -0.2) is 40.0 Å². The smallest absolute Gasteiger partial charge is 0.257 e. The van der Waals surface area contributed by atoms with Gasteiger partial charge in [0.25, 0.3) is 5.91 Å². The van der Waals surface area contributed by atoms with Gasteiger partial charge in [-0.05, 0) is 36.2 Å². The summed E-state index contributed by atoms with van der Waals surface area (Å²) in [5.41, 5.74) is 1.91. The molecular weight excluding hydrogens is 439 g/mol. The molecule has 33 heavy (non-hydrogen) atoms. The largest absolute Gasteiger partial charge is 0.381 e. The fourth-order valence-electron chi connectivity index (χ4n) is 4.72. The van der Waals surface area contributed by atoms with E-state index in [4.69, 9.17) is 9.73 Å². The summed E-state index contributed by atoms with van der Waals surface area (Å²) in [6, 6.07) is 14.2. The van der Waals surface area contributed by atoms with Crippen LogP contribution in [0, 0.1) is 11.7 Å². The van der Waals surface area contributed by atoms with Gasteiger partial charge in [-0.25, -0.2) is 14.4 Å². The molecule has 1 aromatic heterocycles. The lowest BCUT2D eigenvalue weighted by Gasteiger charge is -2.36. The Bertz CT molecular complexity index is 1190. The normalized spacial score (nSPS) is 24.1. The lowest BCUT2D eigenvalue weighted by molar-refractivity contribution is 0.0977. The second-order valence-electron chi connectivity index (χ2n) is 8.29. The van der Waals surface area contributed by atoms with E-state index in [2.05, 4.69) is 15.3 Å². The monoisotopic (exact) mass is 462 g/mol. The minimum atomic E-state index is -0.608. The molecule has 3 atom stereocenters. The summed E-state index contributed by atoms with van der Waals surface area (Å²) in [6.45, 7) is 0. The van der Waals surface area contributed by atoms with Crippen molar-refractivity contribution in [2.24, 2.45) is 10.9 Å². The number of aliphatic imine (C=N–C) groups is 1. The van der Waals surface area contributed by atoms with Crippen LogP contribution in [0.1, 0.15) is 28.8 Å². The summed E-state index contributed by atoms with van der Waals surface area (Å²) < 4.78 is 20.5. The van der Waals surface area contributed by atoms with E-state index in [-0.39, 0.29) is 23.7 Å². The Morgan fingerprint density at radius 1 is 1.18 bits per heavy atom. The number of methoxy groups -OCH3 is 1. The van der Waals surface area contributed by atoms with E-state index in [9.17, 15) is 9.18 Å². The molecule has 1 saturated carbocycles. The number of hydrogen-bond acceptors (Lipinski definition) is 6. The second-order valence-corrected chi connectivity index (χ2v) is 9.30. The van der Waals surface area contributed by atoms with E-state index in [1.165, 1.54) is 12.4 Å². The molecule has 0 bridgehead atoms. The van der Waals surface area contributed by atoms with Gasteiger partial charge in [-0.1, -0.05) is 36.0 Å². The molecule has 6 nitrogen and oxygen atoms in total. The van der Waals surface area contributed by atoms with E-state index in [1.54, 1.807) is 49.5 Å². The van der Waals surface area contributed by atoms with Crippen molar-refractivity contribution >= 4 is 22.8 Å². The van der Waals surface area contributed by atoms with E-state index in [1.807, 2.05) is 24.3 Å². The van der Waals surface area contributed by atoms with E-state index in [0.29, 0.717) is 28.3 Å². The highest BCUT2D eigenvalue weighted by Gasteiger charge is 2.51. The van der Waals surface area contributed by atoms with Crippen LogP contribution >= 0.6 is 11.8 Å². The van der Waals surface area contributed by atoms with Gasteiger partial charge < -0.3 is 10.1 Å². The van der Waals surface area contributed by atoms with Crippen molar-refractivity contribution in [2.75, 3.05) is 12.9 Å². The van der Waals surface area contributed by atoms with Crippen LogP contribution in [0.3, 0.4) is 0 Å². The fourth-order valence-corrected chi connectivity index (χ4v) is 5.88. The fraction of sp³-hybridized carbons (Fsp3) is 0.280. The first kappa shape index (κ1) is 21.7. The van der Waals surface area contributed by atoms with Crippen LogP contribution in [0.4, 0.5) is 4.39 Å². The third kappa shape index (κ3) is 4.16. The summed E-state index contributed by atoms with van der Waals surface area (Å²) in [7, 11) is 1.71. The number of amides is 1. The number of carbonyl (C=O) groups is 1. The average Bonchev–Trinajstić information content (AvgIpc) is 3.24. The first-order valence-electron chi connectivity index (χ1n) is 10.8. The van der Waals surface area contributed by atoms with E-state index >= 15 is 0 Å². The molecular formula is C25H23FN4O2S. The standard InChI is InChI=1S/C25H23FN4O2S/c1-32-20-9-19-14-33-24(29-23(31)16-5-3-2-4-6-16)30-25(19,11-20)18-7-8-22(26)21(10-18)17-12-27-15-28-13-17/h2-8,10,12-13,15,19-20H,9,11,14H2,1H3,(H,29,30,31)/t19?,20-,25-/m1/s1. The van der Waals surface area contributed by atoms with Crippen LogP contribution < -0.4 is 5.32 Å². The Balaban J connectivity index is 1.55. The summed E-state index contributed by atoms with van der Waals surface area (Å²) in [4.78, 5) is 25.9. The van der Waals surface area contributed by atoms with Crippen LogP contribution in [-0.2, 0) is 10.3 Å². The van der Waals surface area contributed by atoms with Gasteiger partial charge in [0.15, 0.2) is 5.17 Å². The number of fused-ring (bicyclic) bond motifs is 1. The number of nitrogens with one attached hydrogen (secondary N) is 1. The Labute approximate surface area is 195 Å². The Morgan fingerprint density at radius 3 is 2.73 bits per heavy atom. The first-order chi connectivity index (χ1) is 16.1. The van der Waals surface area contributed by atoms with Crippen LogP contribution in [0.15, 0.2) is 72.2 Å². The summed E-state index contributed by atoms with van der Waals surface area (Å²) >= 11 is 1.54. The van der Waals surface area contributed by atoms with Crippen molar-refractivity contribution < 1.29 is 13.9 Å². The minimum absolute atomic E-state index is 0.0390. The summed E-state index contributed by atoms with van der Waals surface area (Å²) in [6.07, 6.45) is 6.18. The molecule has 3 aromatic rings. The molecule has 1 amide bonds. The highest BCUT2D eigenvalue weighted by molar-refractivity contribution is 8.13. The highest BCUT2D eigenvalue weighted by Crippen LogP contribution is 2.52. The molecule has 8 heteroatoms. The van der Waals surface area contributed by atoms with Gasteiger partial charge in [-0.3, -0.25) is 9.79 Å². The quantitative estimate of drug-likeness (QED) is 0.621. The van der Waals surface area contributed by atoms with Crippen molar-refractivity contribution in [3.05, 3.63) is 84.2 Å². The maximum Gasteiger partial charge on any atom is 0.257 e. The number of hydrogen-bond donors (Lipinski definition) is 1. The highest BCUT2D eigenvalue weighted by atomic mass is 32.2. The number of benzene rings is 2. The Hall–Kier alpha value is -3.10. The van der Waals surface area contributed by atoms with Crippen molar-refractivity contribution in [3.63, 3.8) is 0 Å². The minimum Gasteiger partial charge on any atom is -0.381 e. The predicted octanol–water partition coefficient (Wildman–Crippen LogP) is 4.44. The molecule has 1 aliphatic heterocycles. The Kier molecular flexibility index (Phi) is 5.95. The molecule has 5 rings (SSSR count). The first-order valence-corrected chi connectivity index (χ1v) is 11.7. The van der Waals surface area contributed by atoms with Gasteiger partial charge in [0.2, 0.25) is 0 Å². The van der Waals surface area contributed by atoms with Gasteiger partial charge in [-0.15, -0.1) is 0 Å². The van der Waals surface area contributed by atoms with E-state index < -0.39 is 5.54 Å². The third-order valence-corrected chi connectivity index (χ3v) is 7.45. The molecule has 0 spiro atoms. The van der Waals surface area contributed by atoms with Crippen LogP contribution in [0.25, 0.3) is 11.1 Å². The maximum absolute atomic E-state index is 14.8. The number of aromatic nitrogens is 2. The van der Waals surface area contributed by atoms with Crippen molar-refractivity contribution in [3.8, 4) is 11.1 Å². The topological polar surface area (TPSA) is 76.5 Å². The third-order valence-electron chi connectivity index (χ3n) is 6.41. The van der Waals surface area contributed by atoms with Crippen molar-refractivity contribution in [1.29, 1.82) is 0 Å². The van der Waals surface area contributed by atoms with Gasteiger partial charge in [0.1, 0.15) is 12.1 Å². The van der Waals surface area contributed by atoms with E-state index in [0.717, 1.165) is 17.7 Å². The average molecular weight is 463 g/mol. The van der Waals surface area contributed by atoms with Gasteiger partial charge in [0, 0.05) is 54.3 Å². The van der Waals surface area contributed by atoms with Crippen molar-refractivity contribution in [1.82, 2.24) is 15.3 Å². The SMILES string of the molecule is CO[C@@H]1CC2CSC(NC(=O)c3ccccc3)=N[C@@]2(c2ccc(F)c(-c3cncnc3)c2)C1. The molecule has 1 unspecified atom stereocenters. The molecule has 0 saturated heterocycles. The summed E-state index contributed by atoms with van der Waals surface area (Å²) in [5, 5.41) is 3.55. The number of amidine groups is 1. The maximum atomic E-state index is 14.8. The zero-order chi connectivity index (χ0) is 22.8. The van der Waals surface area contributed by atoms with Crippen molar-refractivity contribution in [2.45, 2.75) is 24.5 Å². The molecule has 1 aliphatic carbocycles. The molecule has 0 radical (unpaired) electrons.